The van der Waals surface area contributed by atoms with Crippen molar-refractivity contribution in [2.45, 2.75) is 38.8 Å². The molecule has 19 heavy (non-hydrogen) atoms. The first-order valence-electron chi connectivity index (χ1n) is 6.80. The number of hydrogen-bond donors (Lipinski definition) is 2. The van der Waals surface area contributed by atoms with E-state index in [2.05, 4.69) is 24.1 Å². The largest absolute Gasteiger partial charge is 0.388 e. The van der Waals surface area contributed by atoms with Crippen molar-refractivity contribution in [2.75, 3.05) is 18.6 Å². The molecule has 1 heterocycles. The van der Waals surface area contributed by atoms with Crippen LogP contribution in [0.5, 0.6) is 0 Å². The zero-order chi connectivity index (χ0) is 14.3. The Labute approximate surface area is 121 Å². The summed E-state index contributed by atoms with van der Waals surface area (Å²) < 4.78 is 0. The minimum atomic E-state index is -0.677. The lowest BCUT2D eigenvalue weighted by Gasteiger charge is -2.27. The summed E-state index contributed by atoms with van der Waals surface area (Å²) in [5, 5.41) is 13.7. The van der Waals surface area contributed by atoms with Crippen LogP contribution in [-0.4, -0.2) is 34.2 Å². The van der Waals surface area contributed by atoms with Gasteiger partial charge in [-0.1, -0.05) is 19.9 Å². The van der Waals surface area contributed by atoms with Crippen LogP contribution in [-0.2, 0) is 0 Å². The summed E-state index contributed by atoms with van der Waals surface area (Å²) in [7, 11) is 0. The minimum Gasteiger partial charge on any atom is -0.388 e. The molecule has 0 radical (unpaired) electrons. The van der Waals surface area contributed by atoms with Gasteiger partial charge in [-0.25, -0.2) is 0 Å². The van der Waals surface area contributed by atoms with E-state index in [0.717, 1.165) is 17.9 Å². The van der Waals surface area contributed by atoms with Gasteiger partial charge in [0.25, 0.3) is 0 Å². The van der Waals surface area contributed by atoms with Crippen molar-refractivity contribution < 1.29 is 5.11 Å². The molecule has 0 amide bonds. The molecule has 2 unspecified atom stereocenters. The molecule has 0 aliphatic heterocycles. The summed E-state index contributed by atoms with van der Waals surface area (Å²) in [6, 6.07) is 6.19. The highest BCUT2D eigenvalue weighted by Gasteiger charge is 2.22. The van der Waals surface area contributed by atoms with Gasteiger partial charge in [-0.05, 0) is 37.7 Å². The van der Waals surface area contributed by atoms with Crippen LogP contribution in [0.3, 0.4) is 0 Å². The van der Waals surface area contributed by atoms with E-state index >= 15 is 0 Å². The quantitative estimate of drug-likeness (QED) is 0.769. The Morgan fingerprint density at radius 1 is 1.42 bits per heavy atom. The van der Waals surface area contributed by atoms with Crippen molar-refractivity contribution in [3.8, 4) is 0 Å². The van der Waals surface area contributed by atoms with Gasteiger partial charge in [0.2, 0.25) is 0 Å². The number of pyridine rings is 1. The summed E-state index contributed by atoms with van der Waals surface area (Å²) in [4.78, 5) is 4.43. The Hall–Kier alpha value is -0.580. The standard InChI is InChI=1S/C15H26N2OS/c1-12(2)9-14(13-7-5-6-8-16-13)17-10-15(3,18)11-19-4/h5-8,12,14,17-18H,9-11H2,1-4H3. The Morgan fingerprint density at radius 2 is 2.16 bits per heavy atom. The van der Waals surface area contributed by atoms with Gasteiger partial charge in [-0.15, -0.1) is 0 Å². The van der Waals surface area contributed by atoms with E-state index in [1.807, 2.05) is 37.6 Å². The number of aromatic nitrogens is 1. The fourth-order valence-corrected chi connectivity index (χ4v) is 2.79. The summed E-state index contributed by atoms with van der Waals surface area (Å²) in [5.74, 6) is 1.32. The normalized spacial score (nSPS) is 16.3. The molecule has 0 saturated carbocycles. The van der Waals surface area contributed by atoms with Gasteiger partial charge in [0.1, 0.15) is 0 Å². The molecule has 0 aliphatic rings. The third-order valence-electron chi connectivity index (χ3n) is 2.94. The van der Waals surface area contributed by atoms with E-state index < -0.39 is 5.60 Å². The van der Waals surface area contributed by atoms with Gasteiger partial charge in [-0.2, -0.15) is 11.8 Å². The second-order valence-corrected chi connectivity index (χ2v) is 6.61. The highest BCUT2D eigenvalue weighted by atomic mass is 32.2. The zero-order valence-electron chi connectivity index (χ0n) is 12.4. The first-order chi connectivity index (χ1) is 8.94. The van der Waals surface area contributed by atoms with Crippen LogP contribution in [0.1, 0.15) is 38.9 Å². The molecule has 1 aromatic heterocycles. The average Bonchev–Trinajstić information content (AvgIpc) is 2.35. The van der Waals surface area contributed by atoms with E-state index in [1.54, 1.807) is 11.8 Å². The number of aliphatic hydroxyl groups is 1. The van der Waals surface area contributed by atoms with Crippen LogP contribution >= 0.6 is 11.8 Å². The molecule has 0 aliphatic carbocycles. The topological polar surface area (TPSA) is 45.1 Å². The molecule has 1 rings (SSSR count). The molecule has 4 heteroatoms. The summed E-state index contributed by atoms with van der Waals surface area (Å²) in [6.45, 7) is 6.87. The molecule has 2 atom stereocenters. The molecule has 108 valence electrons. The van der Waals surface area contributed by atoms with E-state index in [0.29, 0.717) is 12.5 Å². The van der Waals surface area contributed by atoms with Crippen LogP contribution in [0.25, 0.3) is 0 Å². The van der Waals surface area contributed by atoms with E-state index in [4.69, 9.17) is 0 Å². The van der Waals surface area contributed by atoms with Gasteiger partial charge in [0, 0.05) is 24.5 Å². The maximum Gasteiger partial charge on any atom is 0.0833 e. The summed E-state index contributed by atoms with van der Waals surface area (Å²) >= 11 is 1.66. The number of nitrogens with zero attached hydrogens (tertiary/aromatic N) is 1. The molecule has 0 bridgehead atoms. The molecule has 1 aromatic rings. The van der Waals surface area contributed by atoms with Crippen molar-refractivity contribution in [1.82, 2.24) is 10.3 Å². The second-order valence-electron chi connectivity index (χ2n) is 5.75. The SMILES string of the molecule is CSCC(C)(O)CNC(CC(C)C)c1ccccn1. The fraction of sp³-hybridized carbons (Fsp3) is 0.667. The molecule has 0 spiro atoms. The van der Waals surface area contributed by atoms with Crippen molar-refractivity contribution in [3.63, 3.8) is 0 Å². The Morgan fingerprint density at radius 3 is 2.68 bits per heavy atom. The molecule has 3 nitrogen and oxygen atoms in total. The molecule has 0 aromatic carbocycles. The zero-order valence-corrected chi connectivity index (χ0v) is 13.2. The van der Waals surface area contributed by atoms with Crippen LogP contribution in [0.15, 0.2) is 24.4 Å². The number of hydrogen-bond acceptors (Lipinski definition) is 4. The Bertz CT molecular complexity index is 354. The third-order valence-corrected chi connectivity index (χ3v) is 3.85. The van der Waals surface area contributed by atoms with Gasteiger partial charge in [-0.3, -0.25) is 4.98 Å². The lowest BCUT2D eigenvalue weighted by atomic mass is 9.99. The van der Waals surface area contributed by atoms with Gasteiger partial charge >= 0.3 is 0 Å². The minimum absolute atomic E-state index is 0.203. The number of nitrogens with one attached hydrogen (secondary N) is 1. The predicted molar refractivity (Wildman–Crippen MR) is 83.4 cm³/mol. The van der Waals surface area contributed by atoms with E-state index in [-0.39, 0.29) is 6.04 Å². The van der Waals surface area contributed by atoms with Gasteiger partial charge in [0.05, 0.1) is 11.3 Å². The predicted octanol–water partition coefficient (Wildman–Crippen LogP) is 2.87. The first-order valence-corrected chi connectivity index (χ1v) is 8.19. The highest BCUT2D eigenvalue weighted by Crippen LogP contribution is 2.20. The lowest BCUT2D eigenvalue weighted by Crippen LogP contribution is -2.41. The third kappa shape index (κ3) is 6.41. The van der Waals surface area contributed by atoms with Crippen molar-refractivity contribution >= 4 is 11.8 Å². The van der Waals surface area contributed by atoms with Crippen molar-refractivity contribution in [3.05, 3.63) is 30.1 Å². The molecular weight excluding hydrogens is 256 g/mol. The molecule has 0 fully saturated rings. The Kier molecular flexibility index (Phi) is 6.83. The van der Waals surface area contributed by atoms with E-state index in [9.17, 15) is 5.11 Å². The van der Waals surface area contributed by atoms with Crippen LogP contribution < -0.4 is 5.32 Å². The van der Waals surface area contributed by atoms with Crippen LogP contribution in [0.2, 0.25) is 0 Å². The molecule has 0 saturated heterocycles. The highest BCUT2D eigenvalue weighted by molar-refractivity contribution is 7.98. The first kappa shape index (κ1) is 16.5. The molecule has 2 N–H and O–H groups in total. The molecular formula is C15H26N2OS. The number of thioether (sulfide) groups is 1. The van der Waals surface area contributed by atoms with Gasteiger partial charge in [0.15, 0.2) is 0 Å². The van der Waals surface area contributed by atoms with Crippen LogP contribution in [0, 0.1) is 5.92 Å². The summed E-state index contributed by atoms with van der Waals surface area (Å²) in [5.41, 5.74) is 0.375. The average molecular weight is 282 g/mol. The van der Waals surface area contributed by atoms with Crippen LogP contribution in [0.4, 0.5) is 0 Å². The maximum atomic E-state index is 10.2. The number of rotatable bonds is 8. The van der Waals surface area contributed by atoms with E-state index in [1.165, 1.54) is 0 Å². The second kappa shape index (κ2) is 7.88. The van der Waals surface area contributed by atoms with Crippen molar-refractivity contribution in [2.24, 2.45) is 5.92 Å². The lowest BCUT2D eigenvalue weighted by molar-refractivity contribution is 0.0802. The summed E-state index contributed by atoms with van der Waals surface area (Å²) in [6.07, 6.45) is 4.86. The van der Waals surface area contributed by atoms with Gasteiger partial charge < -0.3 is 10.4 Å². The maximum absolute atomic E-state index is 10.2. The van der Waals surface area contributed by atoms with Crippen molar-refractivity contribution in [1.29, 1.82) is 0 Å². The Balaban J connectivity index is 2.66. The fourth-order valence-electron chi connectivity index (χ4n) is 2.07. The smallest absolute Gasteiger partial charge is 0.0833 e. The monoisotopic (exact) mass is 282 g/mol.